The average Bonchev–Trinajstić information content (AvgIpc) is 2.54. The van der Waals surface area contributed by atoms with Gasteiger partial charge in [0.1, 0.15) is 0 Å². The second kappa shape index (κ2) is 7.38. The SMILES string of the molecule is CN(C)c1ccc(CN(C)S(=O)(=O)c2ccc(Cl)cc2[N+](=O)[O-])cc1. The summed E-state index contributed by atoms with van der Waals surface area (Å²) in [4.78, 5) is 12.0. The normalized spacial score (nSPS) is 11.6. The minimum Gasteiger partial charge on any atom is -0.378 e. The van der Waals surface area contributed by atoms with Crippen LogP contribution in [0.3, 0.4) is 0 Å². The number of sulfonamides is 1. The summed E-state index contributed by atoms with van der Waals surface area (Å²) in [5.74, 6) is 0. The summed E-state index contributed by atoms with van der Waals surface area (Å²) in [6.07, 6.45) is 0. The highest BCUT2D eigenvalue weighted by atomic mass is 35.5. The first kappa shape index (κ1) is 19.2. The van der Waals surface area contributed by atoms with Crippen molar-refractivity contribution in [2.45, 2.75) is 11.4 Å². The molecule has 0 saturated heterocycles. The quantitative estimate of drug-likeness (QED) is 0.565. The average molecular weight is 384 g/mol. The number of benzene rings is 2. The molecule has 0 spiro atoms. The van der Waals surface area contributed by atoms with Crippen molar-refractivity contribution in [3.63, 3.8) is 0 Å². The van der Waals surface area contributed by atoms with Gasteiger partial charge in [0.2, 0.25) is 10.0 Å². The van der Waals surface area contributed by atoms with Gasteiger partial charge in [-0.25, -0.2) is 8.42 Å². The Kier molecular flexibility index (Phi) is 5.66. The lowest BCUT2D eigenvalue weighted by Gasteiger charge is -2.18. The van der Waals surface area contributed by atoms with Crippen LogP contribution in [0, 0.1) is 10.1 Å². The van der Waals surface area contributed by atoms with Crippen LogP contribution < -0.4 is 4.90 Å². The highest BCUT2D eigenvalue weighted by Gasteiger charge is 2.29. The summed E-state index contributed by atoms with van der Waals surface area (Å²) in [7, 11) is 1.16. The van der Waals surface area contributed by atoms with Gasteiger partial charge in [-0.1, -0.05) is 23.7 Å². The van der Waals surface area contributed by atoms with Crippen molar-refractivity contribution in [1.82, 2.24) is 4.31 Å². The van der Waals surface area contributed by atoms with Crippen LogP contribution in [0.4, 0.5) is 11.4 Å². The highest BCUT2D eigenvalue weighted by Crippen LogP contribution is 2.29. The van der Waals surface area contributed by atoms with Crippen molar-refractivity contribution >= 4 is 33.0 Å². The molecule has 0 atom stereocenters. The van der Waals surface area contributed by atoms with Crippen LogP contribution in [0.1, 0.15) is 5.56 Å². The molecule has 7 nitrogen and oxygen atoms in total. The molecule has 9 heteroatoms. The van der Waals surface area contributed by atoms with Crippen LogP contribution in [0.2, 0.25) is 5.02 Å². The zero-order valence-electron chi connectivity index (χ0n) is 14.0. The molecule has 0 aromatic heterocycles. The first-order valence-corrected chi connectivity index (χ1v) is 9.11. The smallest absolute Gasteiger partial charge is 0.290 e. The lowest BCUT2D eigenvalue weighted by atomic mass is 10.2. The van der Waals surface area contributed by atoms with Crippen LogP contribution in [0.15, 0.2) is 47.4 Å². The van der Waals surface area contributed by atoms with Gasteiger partial charge in [0.25, 0.3) is 5.69 Å². The Labute approximate surface area is 151 Å². The molecule has 0 N–H and O–H groups in total. The Morgan fingerprint density at radius 3 is 2.20 bits per heavy atom. The number of nitrogens with zero attached hydrogens (tertiary/aromatic N) is 3. The van der Waals surface area contributed by atoms with Gasteiger partial charge in [0, 0.05) is 44.5 Å². The van der Waals surface area contributed by atoms with Crippen molar-refractivity contribution in [2.24, 2.45) is 0 Å². The summed E-state index contributed by atoms with van der Waals surface area (Å²) in [5, 5.41) is 11.3. The maximum atomic E-state index is 12.7. The third-order valence-corrected chi connectivity index (χ3v) is 5.75. The number of rotatable bonds is 6. The predicted octanol–water partition coefficient (Wildman–Crippen LogP) is 3.13. The van der Waals surface area contributed by atoms with Crippen LogP contribution in [0.5, 0.6) is 0 Å². The molecule has 2 aromatic rings. The van der Waals surface area contributed by atoms with Gasteiger partial charge in [-0.15, -0.1) is 0 Å². The Balaban J connectivity index is 2.32. The summed E-state index contributed by atoms with van der Waals surface area (Å²) < 4.78 is 26.5. The van der Waals surface area contributed by atoms with Crippen molar-refractivity contribution in [1.29, 1.82) is 0 Å². The van der Waals surface area contributed by atoms with Gasteiger partial charge in [0.15, 0.2) is 4.90 Å². The largest absolute Gasteiger partial charge is 0.378 e. The molecular weight excluding hydrogens is 366 g/mol. The van der Waals surface area contributed by atoms with Gasteiger partial charge in [-0.2, -0.15) is 4.31 Å². The standard InChI is InChI=1S/C16H18ClN3O4S/c1-18(2)14-7-4-12(5-8-14)11-19(3)25(23,24)16-9-6-13(17)10-15(16)20(21)22/h4-10H,11H2,1-3H3. The predicted molar refractivity (Wildman–Crippen MR) is 97.5 cm³/mol. The molecule has 25 heavy (non-hydrogen) atoms. The Hall–Kier alpha value is -2.16. The molecule has 0 fully saturated rings. The number of hydrogen-bond acceptors (Lipinski definition) is 5. The van der Waals surface area contributed by atoms with E-state index in [1.807, 2.05) is 43.3 Å². The molecule has 0 bridgehead atoms. The molecular formula is C16H18ClN3O4S. The van der Waals surface area contributed by atoms with E-state index >= 15 is 0 Å². The molecule has 134 valence electrons. The van der Waals surface area contributed by atoms with E-state index in [9.17, 15) is 18.5 Å². The summed E-state index contributed by atoms with van der Waals surface area (Å²) in [6, 6.07) is 10.9. The van der Waals surface area contributed by atoms with Gasteiger partial charge >= 0.3 is 0 Å². The lowest BCUT2D eigenvalue weighted by molar-refractivity contribution is -0.387. The zero-order valence-corrected chi connectivity index (χ0v) is 15.6. The minimum atomic E-state index is -4.03. The monoisotopic (exact) mass is 383 g/mol. The van der Waals surface area contributed by atoms with E-state index in [-0.39, 0.29) is 16.5 Å². The fourth-order valence-electron chi connectivity index (χ4n) is 2.26. The first-order valence-electron chi connectivity index (χ1n) is 7.29. The van der Waals surface area contributed by atoms with E-state index in [4.69, 9.17) is 11.6 Å². The van der Waals surface area contributed by atoms with E-state index in [2.05, 4.69) is 0 Å². The first-order chi connectivity index (χ1) is 11.6. The van der Waals surface area contributed by atoms with Gasteiger partial charge in [0.05, 0.1) is 4.92 Å². The van der Waals surface area contributed by atoms with Crippen LogP contribution in [0.25, 0.3) is 0 Å². The molecule has 2 aromatic carbocycles. The van der Waals surface area contributed by atoms with Crippen molar-refractivity contribution in [3.8, 4) is 0 Å². The van der Waals surface area contributed by atoms with E-state index in [0.29, 0.717) is 0 Å². The second-order valence-electron chi connectivity index (χ2n) is 5.69. The van der Waals surface area contributed by atoms with E-state index in [0.717, 1.165) is 27.7 Å². The Morgan fingerprint density at radius 2 is 1.68 bits per heavy atom. The third kappa shape index (κ3) is 4.28. The Bertz CT molecular complexity index is 883. The molecule has 2 rings (SSSR count). The summed E-state index contributed by atoms with van der Waals surface area (Å²) >= 11 is 5.74. The van der Waals surface area contributed by atoms with E-state index in [1.165, 1.54) is 13.1 Å². The van der Waals surface area contributed by atoms with Crippen molar-refractivity contribution in [2.75, 3.05) is 26.0 Å². The topological polar surface area (TPSA) is 83.8 Å². The molecule has 0 radical (unpaired) electrons. The minimum absolute atomic E-state index is 0.0931. The second-order valence-corrected chi connectivity index (χ2v) is 8.14. The fraction of sp³-hybridized carbons (Fsp3) is 0.250. The van der Waals surface area contributed by atoms with Crippen LogP contribution >= 0.6 is 11.6 Å². The van der Waals surface area contributed by atoms with Crippen LogP contribution in [-0.2, 0) is 16.6 Å². The molecule has 0 saturated carbocycles. The molecule has 0 amide bonds. The molecule has 0 unspecified atom stereocenters. The molecule has 0 aliphatic rings. The maximum Gasteiger partial charge on any atom is 0.290 e. The zero-order chi connectivity index (χ0) is 18.8. The third-order valence-electron chi connectivity index (χ3n) is 3.66. The number of anilines is 1. The number of nitro benzene ring substituents is 1. The molecule has 0 aliphatic carbocycles. The summed E-state index contributed by atoms with van der Waals surface area (Å²) in [6.45, 7) is 0.0931. The molecule has 0 aliphatic heterocycles. The van der Waals surface area contributed by atoms with Crippen LogP contribution in [-0.4, -0.2) is 38.8 Å². The van der Waals surface area contributed by atoms with Crippen molar-refractivity contribution < 1.29 is 13.3 Å². The summed E-state index contributed by atoms with van der Waals surface area (Å²) in [5.41, 5.74) is 1.22. The lowest BCUT2D eigenvalue weighted by Crippen LogP contribution is -2.27. The maximum absolute atomic E-state index is 12.7. The number of halogens is 1. The van der Waals surface area contributed by atoms with Crippen molar-refractivity contribution in [3.05, 3.63) is 63.2 Å². The number of hydrogen-bond donors (Lipinski definition) is 0. The van der Waals surface area contributed by atoms with Gasteiger partial charge in [-0.3, -0.25) is 10.1 Å². The Morgan fingerprint density at radius 1 is 1.08 bits per heavy atom. The fourth-order valence-corrected chi connectivity index (χ4v) is 3.72. The van der Waals surface area contributed by atoms with E-state index < -0.39 is 20.6 Å². The number of nitro groups is 1. The van der Waals surface area contributed by atoms with Gasteiger partial charge in [-0.05, 0) is 29.8 Å². The highest BCUT2D eigenvalue weighted by molar-refractivity contribution is 7.89. The van der Waals surface area contributed by atoms with E-state index in [1.54, 1.807) is 0 Å². The van der Waals surface area contributed by atoms with Gasteiger partial charge < -0.3 is 4.90 Å². The molecule has 0 heterocycles.